The van der Waals surface area contributed by atoms with Crippen molar-refractivity contribution in [3.8, 4) is 0 Å². The maximum absolute atomic E-state index is 11.8. The molecule has 1 saturated heterocycles. The summed E-state index contributed by atoms with van der Waals surface area (Å²) in [5.41, 5.74) is 6.89. The number of amides is 2. The summed E-state index contributed by atoms with van der Waals surface area (Å²) in [7, 11) is 0. The smallest absolute Gasteiger partial charge is 0.222 e. The highest BCUT2D eigenvalue weighted by Gasteiger charge is 2.23. The molecule has 96 valence electrons. The van der Waals surface area contributed by atoms with Crippen molar-refractivity contribution in [1.29, 1.82) is 0 Å². The van der Waals surface area contributed by atoms with Gasteiger partial charge in [0.15, 0.2) is 0 Å². The van der Waals surface area contributed by atoms with Gasteiger partial charge in [0, 0.05) is 25.4 Å². The quantitative estimate of drug-likeness (QED) is 0.704. The van der Waals surface area contributed by atoms with Crippen molar-refractivity contribution in [3.05, 3.63) is 35.9 Å². The van der Waals surface area contributed by atoms with E-state index in [1.807, 2.05) is 30.3 Å². The third-order valence-electron chi connectivity index (χ3n) is 2.98. The number of rotatable bonds is 4. The van der Waals surface area contributed by atoms with Gasteiger partial charge in [0.25, 0.3) is 0 Å². The first-order valence-electron chi connectivity index (χ1n) is 6.02. The zero-order valence-electron chi connectivity index (χ0n) is 10.1. The largest absolute Gasteiger partial charge is 0.354 e. The highest BCUT2D eigenvalue weighted by molar-refractivity contribution is 5.82. The van der Waals surface area contributed by atoms with E-state index >= 15 is 0 Å². The molecule has 1 aromatic rings. The fourth-order valence-electron chi connectivity index (χ4n) is 2.01. The van der Waals surface area contributed by atoms with E-state index in [0.29, 0.717) is 13.0 Å². The number of hydrogen-bond donors (Lipinski definition) is 3. The maximum atomic E-state index is 11.8. The minimum atomic E-state index is -0.309. The van der Waals surface area contributed by atoms with E-state index in [1.165, 1.54) is 0 Å². The zero-order chi connectivity index (χ0) is 13.0. The van der Waals surface area contributed by atoms with E-state index in [0.717, 1.165) is 5.56 Å². The van der Waals surface area contributed by atoms with Crippen molar-refractivity contribution < 1.29 is 9.59 Å². The van der Waals surface area contributed by atoms with Gasteiger partial charge in [-0.1, -0.05) is 30.3 Å². The van der Waals surface area contributed by atoms with Crippen LogP contribution in [0.5, 0.6) is 0 Å². The molecule has 0 aliphatic carbocycles. The average Bonchev–Trinajstić information content (AvgIpc) is 2.75. The Hall–Kier alpha value is -1.88. The minimum absolute atomic E-state index is 0.0207. The molecule has 5 nitrogen and oxygen atoms in total. The summed E-state index contributed by atoms with van der Waals surface area (Å²) in [4.78, 5) is 22.8. The standard InChI is InChI=1S/C13H17N3O2/c14-11(9-4-2-1-3-5-9)7-13(18)16-10-6-12(17)15-8-10/h1-5,10-11H,6-8,14H2,(H,15,17)(H,16,18). The molecule has 1 aliphatic rings. The Morgan fingerprint density at radius 1 is 1.44 bits per heavy atom. The van der Waals surface area contributed by atoms with Crippen LogP contribution in [0.3, 0.4) is 0 Å². The van der Waals surface area contributed by atoms with Crippen LogP contribution in [0, 0.1) is 0 Å². The average molecular weight is 247 g/mol. The molecule has 1 aromatic carbocycles. The number of benzene rings is 1. The SMILES string of the molecule is NC(CC(=O)NC1CNC(=O)C1)c1ccccc1. The van der Waals surface area contributed by atoms with Crippen LogP contribution < -0.4 is 16.4 Å². The van der Waals surface area contributed by atoms with Crippen molar-refractivity contribution in [3.63, 3.8) is 0 Å². The highest BCUT2D eigenvalue weighted by Crippen LogP contribution is 2.13. The molecule has 5 heteroatoms. The number of carbonyl (C=O) groups is 2. The summed E-state index contributed by atoms with van der Waals surface area (Å²) in [5, 5.41) is 5.48. The van der Waals surface area contributed by atoms with E-state index in [9.17, 15) is 9.59 Å². The first kappa shape index (κ1) is 12.6. The molecule has 1 aliphatic heterocycles. The second-order valence-electron chi connectivity index (χ2n) is 4.49. The number of carbonyl (C=O) groups excluding carboxylic acids is 2. The summed E-state index contributed by atoms with van der Waals surface area (Å²) in [6, 6.07) is 9.09. The van der Waals surface area contributed by atoms with Crippen LogP contribution in [0.15, 0.2) is 30.3 Å². The molecule has 2 rings (SSSR count). The zero-order valence-corrected chi connectivity index (χ0v) is 10.1. The molecule has 1 heterocycles. The predicted molar refractivity (Wildman–Crippen MR) is 67.5 cm³/mol. The van der Waals surface area contributed by atoms with Crippen LogP contribution >= 0.6 is 0 Å². The molecule has 2 unspecified atom stereocenters. The Morgan fingerprint density at radius 3 is 2.78 bits per heavy atom. The Labute approximate surface area is 106 Å². The van der Waals surface area contributed by atoms with Gasteiger partial charge in [-0.3, -0.25) is 9.59 Å². The topological polar surface area (TPSA) is 84.2 Å². The van der Waals surface area contributed by atoms with Gasteiger partial charge < -0.3 is 16.4 Å². The van der Waals surface area contributed by atoms with Crippen LogP contribution in [0.1, 0.15) is 24.4 Å². The third kappa shape index (κ3) is 3.30. The fraction of sp³-hybridized carbons (Fsp3) is 0.385. The molecule has 2 atom stereocenters. The van der Waals surface area contributed by atoms with Gasteiger partial charge in [-0.25, -0.2) is 0 Å². The molecular formula is C13H17N3O2. The first-order chi connectivity index (χ1) is 8.65. The lowest BCUT2D eigenvalue weighted by Crippen LogP contribution is -2.37. The summed E-state index contributed by atoms with van der Waals surface area (Å²) < 4.78 is 0. The summed E-state index contributed by atoms with van der Waals surface area (Å²) >= 11 is 0. The van der Waals surface area contributed by atoms with Gasteiger partial charge in [-0.15, -0.1) is 0 Å². The van der Waals surface area contributed by atoms with Crippen LogP contribution in [0.4, 0.5) is 0 Å². The van der Waals surface area contributed by atoms with Crippen molar-refractivity contribution in [2.45, 2.75) is 24.9 Å². The lowest BCUT2D eigenvalue weighted by molar-refractivity contribution is -0.122. The number of hydrogen-bond acceptors (Lipinski definition) is 3. The van der Waals surface area contributed by atoms with Crippen molar-refractivity contribution in [2.24, 2.45) is 5.73 Å². The predicted octanol–water partition coefficient (Wildman–Crippen LogP) is 0.0812. The van der Waals surface area contributed by atoms with Crippen molar-refractivity contribution >= 4 is 11.8 Å². The Bertz CT molecular complexity index is 433. The molecule has 0 radical (unpaired) electrons. The van der Waals surface area contributed by atoms with Crippen molar-refractivity contribution in [2.75, 3.05) is 6.54 Å². The van der Waals surface area contributed by atoms with Crippen LogP contribution in [-0.4, -0.2) is 24.4 Å². The van der Waals surface area contributed by atoms with E-state index in [4.69, 9.17) is 5.73 Å². The Kier molecular flexibility index (Phi) is 3.94. The minimum Gasteiger partial charge on any atom is -0.354 e. The molecule has 0 saturated carbocycles. The lowest BCUT2D eigenvalue weighted by atomic mass is 10.0. The van der Waals surface area contributed by atoms with Crippen LogP contribution in [0.25, 0.3) is 0 Å². The highest BCUT2D eigenvalue weighted by atomic mass is 16.2. The summed E-state index contributed by atoms with van der Waals surface area (Å²) in [5.74, 6) is -0.138. The molecule has 1 fully saturated rings. The van der Waals surface area contributed by atoms with Gasteiger partial charge in [-0.2, -0.15) is 0 Å². The Balaban J connectivity index is 1.82. The van der Waals surface area contributed by atoms with Gasteiger partial charge in [0.05, 0.1) is 6.04 Å². The molecule has 4 N–H and O–H groups in total. The number of nitrogens with two attached hydrogens (primary N) is 1. The molecule has 18 heavy (non-hydrogen) atoms. The van der Waals surface area contributed by atoms with E-state index < -0.39 is 0 Å². The summed E-state index contributed by atoms with van der Waals surface area (Å²) in [6.45, 7) is 0.505. The van der Waals surface area contributed by atoms with Gasteiger partial charge >= 0.3 is 0 Å². The molecular weight excluding hydrogens is 230 g/mol. The molecule has 2 amide bonds. The maximum Gasteiger partial charge on any atom is 0.222 e. The van der Waals surface area contributed by atoms with Gasteiger partial charge in [0.1, 0.15) is 0 Å². The van der Waals surface area contributed by atoms with Crippen LogP contribution in [-0.2, 0) is 9.59 Å². The lowest BCUT2D eigenvalue weighted by Gasteiger charge is -2.14. The Morgan fingerprint density at radius 2 is 2.17 bits per heavy atom. The first-order valence-corrected chi connectivity index (χ1v) is 6.02. The van der Waals surface area contributed by atoms with Crippen LogP contribution in [0.2, 0.25) is 0 Å². The second-order valence-corrected chi connectivity index (χ2v) is 4.49. The van der Waals surface area contributed by atoms with E-state index in [2.05, 4.69) is 10.6 Å². The monoisotopic (exact) mass is 247 g/mol. The molecule has 0 spiro atoms. The molecule has 0 aromatic heterocycles. The normalized spacial score (nSPS) is 20.3. The van der Waals surface area contributed by atoms with Gasteiger partial charge in [-0.05, 0) is 5.56 Å². The van der Waals surface area contributed by atoms with Crippen molar-refractivity contribution in [1.82, 2.24) is 10.6 Å². The van der Waals surface area contributed by atoms with Gasteiger partial charge in [0.2, 0.25) is 11.8 Å². The summed E-state index contributed by atoms with van der Waals surface area (Å²) in [6.07, 6.45) is 0.584. The fourth-order valence-corrected chi connectivity index (χ4v) is 2.01. The van der Waals surface area contributed by atoms with E-state index in [1.54, 1.807) is 0 Å². The molecule has 0 bridgehead atoms. The van der Waals surface area contributed by atoms with E-state index in [-0.39, 0.29) is 30.3 Å². The third-order valence-corrected chi connectivity index (χ3v) is 2.98. The second kappa shape index (κ2) is 5.64. The number of nitrogens with one attached hydrogen (secondary N) is 2.